The molecule has 0 atom stereocenters. The molecule has 0 amide bonds. The van der Waals surface area contributed by atoms with E-state index in [1.165, 1.54) is 0 Å². The highest BCUT2D eigenvalue weighted by atomic mass is 127. The van der Waals surface area contributed by atoms with Gasteiger partial charge in [-0.15, -0.1) is 24.0 Å². The van der Waals surface area contributed by atoms with Gasteiger partial charge in [0, 0.05) is 38.8 Å². The molecule has 2 rings (SSSR count). The quantitative estimate of drug-likeness (QED) is 0.376. The molecule has 0 aromatic heterocycles. The number of methoxy groups -OCH3 is 2. The average Bonchev–Trinajstić information content (AvgIpc) is 2.65. The van der Waals surface area contributed by atoms with Gasteiger partial charge in [0.25, 0.3) is 0 Å². The largest absolute Gasteiger partial charge is 0.493 e. The monoisotopic (exact) mass is 476 g/mol. The summed E-state index contributed by atoms with van der Waals surface area (Å²) in [6.07, 6.45) is 2.30. The van der Waals surface area contributed by atoms with Crippen LogP contribution in [0, 0.1) is 0 Å². The predicted octanol–water partition coefficient (Wildman–Crippen LogP) is 2.86. The van der Waals surface area contributed by atoms with E-state index < -0.39 is 0 Å². The van der Waals surface area contributed by atoms with Crippen LogP contribution in [0.3, 0.4) is 0 Å². The van der Waals surface area contributed by atoms with Gasteiger partial charge in [-0.05, 0) is 44.4 Å². The van der Waals surface area contributed by atoms with Gasteiger partial charge in [-0.3, -0.25) is 4.99 Å². The molecule has 0 radical (unpaired) electrons. The van der Waals surface area contributed by atoms with Crippen LogP contribution in [-0.4, -0.2) is 57.3 Å². The van der Waals surface area contributed by atoms with Gasteiger partial charge in [0.1, 0.15) is 0 Å². The van der Waals surface area contributed by atoms with Crippen molar-refractivity contribution < 1.29 is 9.47 Å². The van der Waals surface area contributed by atoms with Crippen molar-refractivity contribution in [3.63, 3.8) is 0 Å². The van der Waals surface area contributed by atoms with E-state index in [-0.39, 0.29) is 24.0 Å². The van der Waals surface area contributed by atoms with Crippen molar-refractivity contribution in [3.05, 3.63) is 23.8 Å². The summed E-state index contributed by atoms with van der Waals surface area (Å²) in [7, 11) is 5.11. The lowest BCUT2D eigenvalue weighted by molar-refractivity contribution is 0.167. The molecule has 1 aromatic rings. The standard InChI is InChI=1S/C19H32N4O2.HI/c1-14(2)23-10-8-16(9-11-23)22-19(20-3)21-13-15-6-7-17(24-4)18(12-15)25-5;/h6-7,12,14,16H,8-11,13H2,1-5H3,(H2,20,21,22);1H. The summed E-state index contributed by atoms with van der Waals surface area (Å²) in [5, 5.41) is 6.93. The Hall–Kier alpha value is -1.22. The molecule has 6 nitrogen and oxygen atoms in total. The van der Waals surface area contributed by atoms with Gasteiger partial charge < -0.3 is 25.0 Å². The number of nitrogens with zero attached hydrogens (tertiary/aromatic N) is 2. The molecule has 0 spiro atoms. The molecule has 1 fully saturated rings. The lowest BCUT2D eigenvalue weighted by Gasteiger charge is -2.35. The van der Waals surface area contributed by atoms with E-state index in [0.29, 0.717) is 18.6 Å². The molecule has 1 aromatic carbocycles. The van der Waals surface area contributed by atoms with Gasteiger partial charge in [-0.2, -0.15) is 0 Å². The second-order valence-corrected chi connectivity index (χ2v) is 6.66. The number of rotatable bonds is 6. The minimum absolute atomic E-state index is 0. The Bertz CT molecular complexity index is 573. The molecule has 0 unspecified atom stereocenters. The van der Waals surface area contributed by atoms with Gasteiger partial charge >= 0.3 is 0 Å². The molecule has 26 heavy (non-hydrogen) atoms. The van der Waals surface area contributed by atoms with Crippen LogP contribution in [0.1, 0.15) is 32.3 Å². The Labute approximate surface area is 174 Å². The molecule has 0 bridgehead atoms. The maximum absolute atomic E-state index is 5.36. The molecule has 0 aliphatic carbocycles. The molecular formula is C19H33IN4O2. The van der Waals surface area contributed by atoms with E-state index in [0.717, 1.165) is 49.0 Å². The first-order valence-electron chi connectivity index (χ1n) is 8.99. The SMILES string of the molecule is CN=C(NCc1ccc(OC)c(OC)c1)NC1CCN(C(C)C)CC1.I. The number of likely N-dealkylation sites (tertiary alicyclic amines) is 1. The van der Waals surface area contributed by atoms with Crippen molar-refractivity contribution in [1.82, 2.24) is 15.5 Å². The lowest BCUT2D eigenvalue weighted by Crippen LogP contribution is -2.49. The van der Waals surface area contributed by atoms with E-state index in [1.807, 2.05) is 25.2 Å². The molecule has 1 aliphatic heterocycles. The van der Waals surface area contributed by atoms with Crippen molar-refractivity contribution in [3.8, 4) is 11.5 Å². The van der Waals surface area contributed by atoms with Gasteiger partial charge in [0.05, 0.1) is 14.2 Å². The van der Waals surface area contributed by atoms with E-state index in [2.05, 4.69) is 34.4 Å². The normalized spacial score (nSPS) is 16.2. The maximum atomic E-state index is 5.36. The summed E-state index contributed by atoms with van der Waals surface area (Å²) >= 11 is 0. The Balaban J connectivity index is 0.00000338. The highest BCUT2D eigenvalue weighted by molar-refractivity contribution is 14.0. The molecule has 1 aliphatic rings. The third kappa shape index (κ3) is 6.50. The zero-order valence-corrected chi connectivity index (χ0v) is 18.9. The zero-order valence-electron chi connectivity index (χ0n) is 16.5. The first kappa shape index (κ1) is 22.8. The average molecular weight is 476 g/mol. The fourth-order valence-corrected chi connectivity index (χ4v) is 3.12. The number of aliphatic imine (C=N–C) groups is 1. The summed E-state index contributed by atoms with van der Waals surface area (Å²) in [5.74, 6) is 2.33. The Morgan fingerprint density at radius 3 is 2.38 bits per heavy atom. The number of piperidine rings is 1. The van der Waals surface area contributed by atoms with Crippen LogP contribution >= 0.6 is 24.0 Å². The number of hydrogen-bond acceptors (Lipinski definition) is 4. The first-order chi connectivity index (χ1) is 12.1. The number of ether oxygens (including phenoxy) is 2. The lowest BCUT2D eigenvalue weighted by atomic mass is 10.0. The van der Waals surface area contributed by atoms with Crippen LogP contribution in [0.4, 0.5) is 0 Å². The second-order valence-electron chi connectivity index (χ2n) is 6.66. The third-order valence-corrected chi connectivity index (χ3v) is 4.73. The van der Waals surface area contributed by atoms with Crippen LogP contribution in [0.2, 0.25) is 0 Å². The molecule has 148 valence electrons. The van der Waals surface area contributed by atoms with Gasteiger partial charge in [0.2, 0.25) is 0 Å². The molecule has 1 saturated heterocycles. The fourth-order valence-electron chi connectivity index (χ4n) is 3.12. The fraction of sp³-hybridized carbons (Fsp3) is 0.632. The predicted molar refractivity (Wildman–Crippen MR) is 118 cm³/mol. The van der Waals surface area contributed by atoms with Crippen LogP contribution in [-0.2, 0) is 6.54 Å². The third-order valence-electron chi connectivity index (χ3n) is 4.73. The number of benzene rings is 1. The highest BCUT2D eigenvalue weighted by Gasteiger charge is 2.21. The number of nitrogens with one attached hydrogen (secondary N) is 2. The van der Waals surface area contributed by atoms with E-state index >= 15 is 0 Å². The first-order valence-corrected chi connectivity index (χ1v) is 8.99. The number of halogens is 1. The van der Waals surface area contributed by atoms with Gasteiger partial charge in [-0.25, -0.2) is 0 Å². The molecule has 1 heterocycles. The van der Waals surface area contributed by atoms with Crippen molar-refractivity contribution >= 4 is 29.9 Å². The van der Waals surface area contributed by atoms with Crippen LogP contribution in [0.15, 0.2) is 23.2 Å². The van der Waals surface area contributed by atoms with Gasteiger partial charge in [-0.1, -0.05) is 6.07 Å². The van der Waals surface area contributed by atoms with E-state index in [9.17, 15) is 0 Å². The summed E-state index contributed by atoms with van der Waals surface area (Å²) in [6, 6.07) is 7.05. The summed E-state index contributed by atoms with van der Waals surface area (Å²) in [4.78, 5) is 6.88. The van der Waals surface area contributed by atoms with Crippen molar-refractivity contribution in [2.75, 3.05) is 34.4 Å². The van der Waals surface area contributed by atoms with Crippen LogP contribution < -0.4 is 20.1 Å². The Morgan fingerprint density at radius 1 is 1.19 bits per heavy atom. The summed E-state index contributed by atoms with van der Waals surface area (Å²) in [6.45, 7) is 7.49. The van der Waals surface area contributed by atoms with Crippen molar-refractivity contribution in [2.45, 2.75) is 45.3 Å². The van der Waals surface area contributed by atoms with Crippen molar-refractivity contribution in [1.29, 1.82) is 0 Å². The van der Waals surface area contributed by atoms with Crippen LogP contribution in [0.5, 0.6) is 11.5 Å². The Morgan fingerprint density at radius 2 is 1.85 bits per heavy atom. The molecule has 2 N–H and O–H groups in total. The van der Waals surface area contributed by atoms with Gasteiger partial charge in [0.15, 0.2) is 17.5 Å². The van der Waals surface area contributed by atoms with Crippen LogP contribution in [0.25, 0.3) is 0 Å². The topological polar surface area (TPSA) is 58.1 Å². The smallest absolute Gasteiger partial charge is 0.191 e. The molecule has 0 saturated carbocycles. The zero-order chi connectivity index (χ0) is 18.2. The minimum Gasteiger partial charge on any atom is -0.493 e. The molecular weight excluding hydrogens is 443 g/mol. The highest BCUT2D eigenvalue weighted by Crippen LogP contribution is 2.27. The maximum Gasteiger partial charge on any atom is 0.191 e. The van der Waals surface area contributed by atoms with E-state index in [1.54, 1.807) is 14.2 Å². The minimum atomic E-state index is 0. The number of guanidine groups is 1. The van der Waals surface area contributed by atoms with Crippen molar-refractivity contribution in [2.24, 2.45) is 4.99 Å². The molecule has 7 heteroatoms. The Kier molecular flexibility index (Phi) is 10.1. The summed E-state index contributed by atoms with van der Waals surface area (Å²) in [5.41, 5.74) is 1.12. The van der Waals surface area contributed by atoms with E-state index in [4.69, 9.17) is 9.47 Å². The number of hydrogen-bond donors (Lipinski definition) is 2. The second kappa shape index (κ2) is 11.5. The summed E-state index contributed by atoms with van der Waals surface area (Å²) < 4.78 is 10.6.